The number of morpholine rings is 1. The van der Waals surface area contributed by atoms with Gasteiger partial charge in [-0.05, 0) is 29.5 Å². The number of ether oxygens (including phenoxy) is 1. The van der Waals surface area contributed by atoms with Gasteiger partial charge in [0.05, 0.1) is 13.2 Å². The Morgan fingerprint density at radius 2 is 1.90 bits per heavy atom. The molecule has 1 aliphatic heterocycles. The molecule has 0 atom stereocenters. The smallest absolute Gasteiger partial charge is 0.246 e. The number of amides is 1. The second kappa shape index (κ2) is 7.25. The van der Waals surface area contributed by atoms with Crippen LogP contribution in [0, 0.1) is 5.92 Å². The van der Waals surface area contributed by atoms with Crippen LogP contribution in [-0.2, 0) is 16.0 Å². The highest BCUT2D eigenvalue weighted by atomic mass is 16.5. The molecule has 0 radical (unpaired) electrons. The first kappa shape index (κ1) is 14.8. The van der Waals surface area contributed by atoms with E-state index in [0.29, 0.717) is 32.2 Å². The molecule has 108 valence electrons. The van der Waals surface area contributed by atoms with Crippen molar-refractivity contribution < 1.29 is 9.53 Å². The minimum Gasteiger partial charge on any atom is -0.378 e. The molecule has 0 saturated carbocycles. The van der Waals surface area contributed by atoms with Crippen LogP contribution in [0.15, 0.2) is 30.3 Å². The molecule has 1 heterocycles. The van der Waals surface area contributed by atoms with Gasteiger partial charge in [0, 0.05) is 19.2 Å². The van der Waals surface area contributed by atoms with Crippen molar-refractivity contribution in [3.05, 3.63) is 41.5 Å². The molecule has 0 unspecified atom stereocenters. The largest absolute Gasteiger partial charge is 0.378 e. The Balaban J connectivity index is 1.91. The molecule has 0 N–H and O–H groups in total. The predicted octanol–water partition coefficient (Wildman–Crippen LogP) is 2.76. The van der Waals surface area contributed by atoms with Crippen molar-refractivity contribution in [1.82, 2.24) is 4.90 Å². The molecule has 0 aromatic heterocycles. The van der Waals surface area contributed by atoms with Crippen LogP contribution >= 0.6 is 0 Å². The molecule has 20 heavy (non-hydrogen) atoms. The summed E-state index contributed by atoms with van der Waals surface area (Å²) in [5, 5.41) is 0. The first-order valence-corrected chi connectivity index (χ1v) is 7.29. The van der Waals surface area contributed by atoms with Crippen LogP contribution in [0.2, 0.25) is 0 Å². The van der Waals surface area contributed by atoms with Gasteiger partial charge in [-0.15, -0.1) is 0 Å². The van der Waals surface area contributed by atoms with E-state index in [9.17, 15) is 4.79 Å². The molecule has 3 heteroatoms. The fourth-order valence-corrected chi connectivity index (χ4v) is 2.29. The Kier molecular flexibility index (Phi) is 5.36. The van der Waals surface area contributed by atoms with Crippen molar-refractivity contribution >= 4 is 12.0 Å². The standard InChI is InChI=1S/C17H23NO2/c1-14(2)13-16-5-3-15(4-6-16)7-8-17(19)18-9-11-20-12-10-18/h3-8,14H,9-13H2,1-2H3/b8-7+. The average molecular weight is 273 g/mol. The Labute approximate surface area is 121 Å². The first-order valence-electron chi connectivity index (χ1n) is 7.29. The SMILES string of the molecule is CC(C)Cc1ccc(/C=C/C(=O)N2CCOCC2)cc1. The van der Waals surface area contributed by atoms with Crippen molar-refractivity contribution in [1.29, 1.82) is 0 Å². The van der Waals surface area contributed by atoms with Crippen LogP contribution in [0.1, 0.15) is 25.0 Å². The molecule has 0 aliphatic carbocycles. The van der Waals surface area contributed by atoms with Crippen LogP contribution in [0.4, 0.5) is 0 Å². The lowest BCUT2D eigenvalue weighted by atomic mass is 10.0. The van der Waals surface area contributed by atoms with Gasteiger partial charge in [0.25, 0.3) is 0 Å². The van der Waals surface area contributed by atoms with Crippen molar-refractivity contribution in [2.24, 2.45) is 5.92 Å². The van der Waals surface area contributed by atoms with Crippen molar-refractivity contribution in [3.63, 3.8) is 0 Å². The molecule has 3 nitrogen and oxygen atoms in total. The summed E-state index contributed by atoms with van der Waals surface area (Å²) in [5.74, 6) is 0.735. The van der Waals surface area contributed by atoms with E-state index in [1.807, 2.05) is 11.0 Å². The predicted molar refractivity (Wildman–Crippen MR) is 81.4 cm³/mol. The number of nitrogens with zero attached hydrogens (tertiary/aromatic N) is 1. The quantitative estimate of drug-likeness (QED) is 0.789. The van der Waals surface area contributed by atoms with Crippen molar-refractivity contribution in [2.75, 3.05) is 26.3 Å². The van der Waals surface area contributed by atoms with E-state index in [1.165, 1.54) is 5.56 Å². The summed E-state index contributed by atoms with van der Waals surface area (Å²) in [6.07, 6.45) is 4.64. The molecule has 1 aromatic rings. The molecular weight excluding hydrogens is 250 g/mol. The van der Waals surface area contributed by atoms with E-state index in [0.717, 1.165) is 12.0 Å². The summed E-state index contributed by atoms with van der Waals surface area (Å²) >= 11 is 0. The van der Waals surface area contributed by atoms with E-state index in [1.54, 1.807) is 6.08 Å². The van der Waals surface area contributed by atoms with Crippen molar-refractivity contribution in [2.45, 2.75) is 20.3 Å². The fraction of sp³-hybridized carbons (Fsp3) is 0.471. The number of rotatable bonds is 4. The second-order valence-electron chi connectivity index (χ2n) is 5.61. The third-order valence-electron chi connectivity index (χ3n) is 3.36. The topological polar surface area (TPSA) is 29.5 Å². The van der Waals surface area contributed by atoms with Crippen LogP contribution in [0.5, 0.6) is 0 Å². The van der Waals surface area contributed by atoms with Gasteiger partial charge >= 0.3 is 0 Å². The highest BCUT2D eigenvalue weighted by molar-refractivity contribution is 5.91. The second-order valence-corrected chi connectivity index (χ2v) is 5.61. The summed E-state index contributed by atoms with van der Waals surface area (Å²) < 4.78 is 5.24. The molecule has 1 fully saturated rings. The highest BCUT2D eigenvalue weighted by Gasteiger charge is 2.13. The third kappa shape index (κ3) is 4.49. The number of hydrogen-bond donors (Lipinski definition) is 0. The van der Waals surface area contributed by atoms with Crippen LogP contribution < -0.4 is 0 Å². The summed E-state index contributed by atoms with van der Waals surface area (Å²) in [6, 6.07) is 8.42. The van der Waals surface area contributed by atoms with Gasteiger partial charge in [0.1, 0.15) is 0 Å². The first-order chi connectivity index (χ1) is 9.65. The van der Waals surface area contributed by atoms with Gasteiger partial charge in [0.15, 0.2) is 0 Å². The number of benzene rings is 1. The maximum absolute atomic E-state index is 12.0. The Hall–Kier alpha value is -1.61. The van der Waals surface area contributed by atoms with Crippen molar-refractivity contribution in [3.8, 4) is 0 Å². The highest BCUT2D eigenvalue weighted by Crippen LogP contribution is 2.11. The Morgan fingerprint density at radius 1 is 1.25 bits per heavy atom. The van der Waals surface area contributed by atoms with E-state index in [-0.39, 0.29) is 5.91 Å². The van der Waals surface area contributed by atoms with Gasteiger partial charge < -0.3 is 9.64 Å². The molecule has 0 spiro atoms. The number of carbonyl (C=O) groups is 1. The lowest BCUT2D eigenvalue weighted by Crippen LogP contribution is -2.39. The minimum atomic E-state index is 0.0690. The molecule has 2 rings (SSSR count). The van der Waals surface area contributed by atoms with Gasteiger partial charge in [-0.25, -0.2) is 0 Å². The van der Waals surface area contributed by atoms with E-state index < -0.39 is 0 Å². The minimum absolute atomic E-state index is 0.0690. The Bertz CT molecular complexity index is 456. The van der Waals surface area contributed by atoms with Gasteiger partial charge in [0.2, 0.25) is 5.91 Å². The van der Waals surface area contributed by atoms with E-state index in [2.05, 4.69) is 38.1 Å². The molecule has 1 amide bonds. The van der Waals surface area contributed by atoms with Crippen LogP contribution in [-0.4, -0.2) is 37.1 Å². The van der Waals surface area contributed by atoms with Gasteiger partial charge in [-0.3, -0.25) is 4.79 Å². The summed E-state index contributed by atoms with van der Waals surface area (Å²) in [7, 11) is 0. The molecule has 1 aliphatic rings. The van der Waals surface area contributed by atoms with Crippen LogP contribution in [0.25, 0.3) is 6.08 Å². The summed E-state index contributed by atoms with van der Waals surface area (Å²) in [6.45, 7) is 7.10. The lowest BCUT2D eigenvalue weighted by molar-refractivity contribution is -0.129. The van der Waals surface area contributed by atoms with E-state index >= 15 is 0 Å². The number of carbonyl (C=O) groups excluding carboxylic acids is 1. The third-order valence-corrected chi connectivity index (χ3v) is 3.36. The fourth-order valence-electron chi connectivity index (χ4n) is 2.29. The molecule has 1 aromatic carbocycles. The zero-order chi connectivity index (χ0) is 14.4. The maximum Gasteiger partial charge on any atom is 0.246 e. The lowest BCUT2D eigenvalue weighted by Gasteiger charge is -2.25. The zero-order valence-electron chi connectivity index (χ0n) is 12.3. The van der Waals surface area contributed by atoms with Gasteiger partial charge in [-0.2, -0.15) is 0 Å². The summed E-state index contributed by atoms with van der Waals surface area (Å²) in [5.41, 5.74) is 2.41. The zero-order valence-corrected chi connectivity index (χ0v) is 12.3. The molecule has 0 bridgehead atoms. The Morgan fingerprint density at radius 3 is 2.50 bits per heavy atom. The van der Waals surface area contributed by atoms with E-state index in [4.69, 9.17) is 4.74 Å². The average Bonchev–Trinajstić information content (AvgIpc) is 2.46. The maximum atomic E-state index is 12.0. The normalized spacial score (nSPS) is 16.1. The summed E-state index contributed by atoms with van der Waals surface area (Å²) in [4.78, 5) is 13.8. The monoisotopic (exact) mass is 273 g/mol. The van der Waals surface area contributed by atoms with Gasteiger partial charge in [-0.1, -0.05) is 38.1 Å². The number of hydrogen-bond acceptors (Lipinski definition) is 2. The van der Waals surface area contributed by atoms with Crippen LogP contribution in [0.3, 0.4) is 0 Å². The molecule has 1 saturated heterocycles. The molecular formula is C17H23NO2.